The largest absolute Gasteiger partial charge is 0.497 e. The van der Waals surface area contributed by atoms with Crippen LogP contribution in [0.1, 0.15) is 36.6 Å². The van der Waals surface area contributed by atoms with Gasteiger partial charge >= 0.3 is 0 Å². The highest BCUT2D eigenvalue weighted by Crippen LogP contribution is 2.29. The van der Waals surface area contributed by atoms with Crippen molar-refractivity contribution in [2.45, 2.75) is 31.2 Å². The number of anilines is 1. The lowest BCUT2D eigenvalue weighted by Crippen LogP contribution is -2.28. The number of rotatable bonds is 8. The Bertz CT molecular complexity index is 1240. The summed E-state index contributed by atoms with van der Waals surface area (Å²) >= 11 is 0. The van der Waals surface area contributed by atoms with Crippen LogP contribution in [0.15, 0.2) is 54.9 Å². The molecule has 0 saturated carbocycles. The lowest BCUT2D eigenvalue weighted by Gasteiger charge is -2.23. The Morgan fingerprint density at radius 2 is 1.97 bits per heavy atom. The molecule has 1 unspecified atom stereocenters. The molecule has 9 heteroatoms. The first-order valence-corrected chi connectivity index (χ1v) is 11.5. The maximum Gasteiger partial charge on any atom is 0.223 e. The zero-order valence-corrected chi connectivity index (χ0v) is 19.1. The molecule has 3 aromatic heterocycles. The lowest BCUT2D eigenvalue weighted by molar-refractivity contribution is 0.0903. The predicted molar refractivity (Wildman–Crippen MR) is 128 cm³/mol. The van der Waals surface area contributed by atoms with Crippen molar-refractivity contribution in [3.8, 4) is 17.0 Å². The van der Waals surface area contributed by atoms with E-state index in [1.807, 2.05) is 53.1 Å². The summed E-state index contributed by atoms with van der Waals surface area (Å²) in [5.74, 6) is 2.10. The normalized spacial score (nSPS) is 15.4. The van der Waals surface area contributed by atoms with Crippen LogP contribution in [0.25, 0.3) is 16.9 Å². The topological polar surface area (TPSA) is 107 Å². The first-order chi connectivity index (χ1) is 16.7. The quantitative estimate of drug-likeness (QED) is 0.413. The van der Waals surface area contributed by atoms with E-state index in [1.54, 1.807) is 13.3 Å². The van der Waals surface area contributed by atoms with E-state index in [4.69, 9.17) is 14.5 Å². The molecule has 1 saturated heterocycles. The van der Waals surface area contributed by atoms with Gasteiger partial charge in [-0.15, -0.1) is 10.2 Å². The van der Waals surface area contributed by atoms with Crippen LogP contribution in [-0.2, 0) is 4.74 Å². The number of pyridine rings is 1. The molecular formula is C25H28N6O3. The highest BCUT2D eigenvalue weighted by molar-refractivity contribution is 5.64. The molecule has 0 amide bonds. The molecule has 1 fully saturated rings. The van der Waals surface area contributed by atoms with Gasteiger partial charge in [-0.2, -0.15) is 0 Å². The van der Waals surface area contributed by atoms with Gasteiger partial charge in [-0.05, 0) is 55.2 Å². The van der Waals surface area contributed by atoms with Gasteiger partial charge in [-0.3, -0.25) is 4.40 Å². The summed E-state index contributed by atoms with van der Waals surface area (Å²) in [6, 6.07) is 14.0. The number of aliphatic hydroxyl groups excluding tert-OH is 1. The van der Waals surface area contributed by atoms with Crippen molar-refractivity contribution in [1.82, 2.24) is 24.6 Å². The van der Waals surface area contributed by atoms with Crippen LogP contribution in [0.5, 0.6) is 5.75 Å². The zero-order valence-electron chi connectivity index (χ0n) is 19.1. The average molecular weight is 461 g/mol. The smallest absolute Gasteiger partial charge is 0.223 e. The Labute approximate surface area is 197 Å². The second-order valence-corrected chi connectivity index (χ2v) is 8.34. The molecule has 0 bridgehead atoms. The molecule has 34 heavy (non-hydrogen) atoms. The fraction of sp³-hybridized carbons (Fsp3) is 0.360. The van der Waals surface area contributed by atoms with E-state index in [0.29, 0.717) is 18.4 Å². The van der Waals surface area contributed by atoms with Crippen molar-refractivity contribution in [3.63, 3.8) is 0 Å². The monoisotopic (exact) mass is 460 g/mol. The zero-order chi connectivity index (χ0) is 23.3. The standard InChI is InChI=1S/C25H28N6O3/c1-33-20-4-2-17(3-5-20)21(8-13-32)24-30-29-23-16-18(7-12-31(23)24)22-6-11-26-25(28-22)27-19-9-14-34-15-10-19/h2-7,11-12,16,19,21,32H,8-10,13-15H2,1H3,(H,26,27,28). The van der Waals surface area contributed by atoms with Gasteiger partial charge in [0.1, 0.15) is 11.6 Å². The van der Waals surface area contributed by atoms with Crippen molar-refractivity contribution >= 4 is 11.6 Å². The van der Waals surface area contributed by atoms with Gasteiger partial charge in [0, 0.05) is 49.7 Å². The molecule has 5 rings (SSSR count). The van der Waals surface area contributed by atoms with E-state index in [1.165, 1.54) is 0 Å². The number of benzene rings is 1. The molecule has 0 aliphatic carbocycles. The molecule has 2 N–H and O–H groups in total. The van der Waals surface area contributed by atoms with Crippen molar-refractivity contribution in [3.05, 3.63) is 66.2 Å². The van der Waals surface area contributed by atoms with Gasteiger partial charge < -0.3 is 19.9 Å². The van der Waals surface area contributed by atoms with Gasteiger partial charge in [0.05, 0.1) is 12.8 Å². The van der Waals surface area contributed by atoms with Crippen LogP contribution in [0.2, 0.25) is 0 Å². The van der Waals surface area contributed by atoms with E-state index in [-0.39, 0.29) is 12.5 Å². The van der Waals surface area contributed by atoms with Crippen LogP contribution in [0.4, 0.5) is 5.95 Å². The van der Waals surface area contributed by atoms with Gasteiger partial charge in [-0.1, -0.05) is 12.1 Å². The van der Waals surface area contributed by atoms with Crippen molar-refractivity contribution < 1.29 is 14.6 Å². The third-order valence-corrected chi connectivity index (χ3v) is 6.19. The van der Waals surface area contributed by atoms with Gasteiger partial charge in [0.25, 0.3) is 0 Å². The fourth-order valence-corrected chi connectivity index (χ4v) is 4.33. The summed E-state index contributed by atoms with van der Waals surface area (Å²) in [6.07, 6.45) is 6.17. The number of methoxy groups -OCH3 is 1. The molecule has 1 aliphatic heterocycles. The number of ether oxygens (including phenoxy) is 2. The number of hydrogen-bond acceptors (Lipinski definition) is 8. The van der Waals surface area contributed by atoms with E-state index in [9.17, 15) is 5.11 Å². The molecule has 1 atom stereocenters. The second-order valence-electron chi connectivity index (χ2n) is 8.34. The van der Waals surface area contributed by atoms with E-state index in [0.717, 1.165) is 60.1 Å². The maximum absolute atomic E-state index is 9.70. The Kier molecular flexibility index (Phi) is 6.64. The summed E-state index contributed by atoms with van der Waals surface area (Å²) in [5, 5.41) is 22.0. The molecule has 0 spiro atoms. The SMILES string of the molecule is COc1ccc(C(CCO)c2nnc3cc(-c4ccnc(NC5CCOCC5)n4)ccn23)cc1. The Morgan fingerprint density at radius 1 is 1.15 bits per heavy atom. The lowest BCUT2D eigenvalue weighted by atomic mass is 9.95. The second kappa shape index (κ2) is 10.1. The summed E-state index contributed by atoms with van der Waals surface area (Å²) in [7, 11) is 1.64. The number of aromatic nitrogens is 5. The van der Waals surface area contributed by atoms with Crippen LogP contribution >= 0.6 is 0 Å². The molecule has 1 aromatic carbocycles. The number of nitrogens with zero attached hydrogens (tertiary/aromatic N) is 5. The number of nitrogens with one attached hydrogen (secondary N) is 1. The molecular weight excluding hydrogens is 432 g/mol. The van der Waals surface area contributed by atoms with Crippen LogP contribution in [-0.4, -0.2) is 62.6 Å². The Morgan fingerprint density at radius 3 is 2.74 bits per heavy atom. The first kappa shape index (κ1) is 22.2. The van der Waals surface area contributed by atoms with Gasteiger partial charge in [0.15, 0.2) is 5.65 Å². The minimum absolute atomic E-state index is 0.0491. The third kappa shape index (κ3) is 4.71. The van der Waals surface area contributed by atoms with Crippen molar-refractivity contribution in [2.75, 3.05) is 32.2 Å². The fourth-order valence-electron chi connectivity index (χ4n) is 4.33. The predicted octanol–water partition coefficient (Wildman–Crippen LogP) is 3.30. The minimum atomic E-state index is -0.0916. The molecule has 4 aromatic rings. The third-order valence-electron chi connectivity index (χ3n) is 6.19. The molecule has 1 aliphatic rings. The first-order valence-electron chi connectivity index (χ1n) is 11.5. The van der Waals surface area contributed by atoms with E-state index >= 15 is 0 Å². The molecule has 9 nitrogen and oxygen atoms in total. The highest BCUT2D eigenvalue weighted by Gasteiger charge is 2.21. The van der Waals surface area contributed by atoms with E-state index in [2.05, 4.69) is 20.5 Å². The minimum Gasteiger partial charge on any atom is -0.497 e. The Balaban J connectivity index is 1.42. The number of fused-ring (bicyclic) bond motifs is 1. The average Bonchev–Trinajstić information content (AvgIpc) is 3.31. The summed E-state index contributed by atoms with van der Waals surface area (Å²) in [4.78, 5) is 9.10. The van der Waals surface area contributed by atoms with Crippen LogP contribution in [0.3, 0.4) is 0 Å². The van der Waals surface area contributed by atoms with Crippen molar-refractivity contribution in [2.24, 2.45) is 0 Å². The summed E-state index contributed by atoms with van der Waals surface area (Å²) in [6.45, 7) is 1.57. The van der Waals surface area contributed by atoms with Gasteiger partial charge in [-0.25, -0.2) is 9.97 Å². The Hall–Kier alpha value is -3.56. The van der Waals surface area contributed by atoms with E-state index < -0.39 is 0 Å². The van der Waals surface area contributed by atoms with Gasteiger partial charge in [0.2, 0.25) is 5.95 Å². The highest BCUT2D eigenvalue weighted by atomic mass is 16.5. The van der Waals surface area contributed by atoms with Crippen LogP contribution < -0.4 is 10.1 Å². The molecule has 176 valence electrons. The molecule has 4 heterocycles. The summed E-state index contributed by atoms with van der Waals surface area (Å²) < 4.78 is 12.7. The summed E-state index contributed by atoms with van der Waals surface area (Å²) in [5.41, 5.74) is 3.53. The van der Waals surface area contributed by atoms with Crippen molar-refractivity contribution in [1.29, 1.82) is 0 Å². The molecule has 0 radical (unpaired) electrons. The number of hydrogen-bond donors (Lipinski definition) is 2. The van der Waals surface area contributed by atoms with Crippen LogP contribution in [0, 0.1) is 0 Å². The number of aliphatic hydroxyl groups is 1. The maximum atomic E-state index is 9.70.